The number of hydrogen-bond acceptors (Lipinski definition) is 3. The molecular formula is C19H23N3O. The van der Waals surface area contributed by atoms with Crippen LogP contribution in [-0.2, 0) is 10.2 Å². The number of hydrogen-bond donors (Lipinski definition) is 1. The van der Waals surface area contributed by atoms with Gasteiger partial charge in [0.15, 0.2) is 0 Å². The third kappa shape index (κ3) is 2.99. The van der Waals surface area contributed by atoms with Crippen LogP contribution in [-0.4, -0.2) is 23.5 Å². The first-order valence-electron chi connectivity index (χ1n) is 8.01. The van der Waals surface area contributed by atoms with E-state index in [1.165, 1.54) is 11.1 Å². The molecule has 0 spiro atoms. The fourth-order valence-electron chi connectivity index (χ4n) is 3.02. The number of carbonyl (C=O) groups is 1. The molecule has 2 N–H and O–H groups in total. The quantitative estimate of drug-likeness (QED) is 0.927. The molecule has 4 heteroatoms. The number of carbonyl (C=O) groups excluding carboxylic acids is 1. The second-order valence-corrected chi connectivity index (χ2v) is 7.09. The average Bonchev–Trinajstić information content (AvgIpc) is 2.86. The number of nitrogens with zero attached hydrogens (tertiary/aromatic N) is 2. The molecule has 0 unspecified atom stereocenters. The van der Waals surface area contributed by atoms with Crippen LogP contribution in [0.3, 0.4) is 0 Å². The van der Waals surface area contributed by atoms with Crippen LogP contribution in [0.25, 0.3) is 11.1 Å². The molecule has 23 heavy (non-hydrogen) atoms. The van der Waals surface area contributed by atoms with Gasteiger partial charge in [-0.15, -0.1) is 0 Å². The number of amides is 1. The highest BCUT2D eigenvalue weighted by atomic mass is 16.2. The second-order valence-electron chi connectivity index (χ2n) is 7.09. The van der Waals surface area contributed by atoms with Gasteiger partial charge in [0.25, 0.3) is 0 Å². The summed E-state index contributed by atoms with van der Waals surface area (Å²) in [5, 5.41) is 0. The Labute approximate surface area is 137 Å². The molecule has 1 aromatic heterocycles. The highest BCUT2D eigenvalue weighted by Gasteiger charge is 2.30. The van der Waals surface area contributed by atoms with Crippen LogP contribution in [0.4, 0.5) is 5.82 Å². The smallest absolute Gasteiger partial charge is 0.245 e. The van der Waals surface area contributed by atoms with E-state index in [0.717, 1.165) is 5.56 Å². The molecule has 0 radical (unpaired) electrons. The van der Waals surface area contributed by atoms with E-state index in [0.29, 0.717) is 18.8 Å². The number of pyridine rings is 1. The molecule has 0 bridgehead atoms. The normalized spacial score (nSPS) is 18.5. The van der Waals surface area contributed by atoms with Crippen LogP contribution in [0.1, 0.15) is 32.8 Å². The summed E-state index contributed by atoms with van der Waals surface area (Å²) in [5.74, 6) is 0.639. The number of rotatable bonds is 2. The zero-order valence-corrected chi connectivity index (χ0v) is 13.9. The Hall–Kier alpha value is -2.20. The van der Waals surface area contributed by atoms with E-state index in [2.05, 4.69) is 44.0 Å². The van der Waals surface area contributed by atoms with Gasteiger partial charge in [0, 0.05) is 18.3 Å². The van der Waals surface area contributed by atoms with Crippen molar-refractivity contribution in [2.75, 3.05) is 11.4 Å². The first-order valence-corrected chi connectivity index (χ1v) is 8.01. The van der Waals surface area contributed by atoms with Crippen LogP contribution >= 0.6 is 0 Å². The summed E-state index contributed by atoms with van der Waals surface area (Å²) in [6.45, 7) is 7.26. The van der Waals surface area contributed by atoms with Gasteiger partial charge in [-0.05, 0) is 35.1 Å². The van der Waals surface area contributed by atoms with E-state index in [-0.39, 0.29) is 11.3 Å². The Kier molecular flexibility index (Phi) is 3.94. The highest BCUT2D eigenvalue weighted by molar-refractivity contribution is 5.98. The van der Waals surface area contributed by atoms with Crippen molar-refractivity contribution in [2.24, 2.45) is 5.73 Å². The van der Waals surface area contributed by atoms with E-state index in [1.54, 1.807) is 4.90 Å². The van der Waals surface area contributed by atoms with Crippen molar-refractivity contribution in [3.8, 4) is 11.1 Å². The van der Waals surface area contributed by atoms with Crippen molar-refractivity contribution in [3.63, 3.8) is 0 Å². The maximum Gasteiger partial charge on any atom is 0.245 e. The molecule has 0 saturated carbocycles. The van der Waals surface area contributed by atoms with Crippen LogP contribution in [0.5, 0.6) is 0 Å². The molecule has 2 heterocycles. The Balaban J connectivity index is 1.94. The van der Waals surface area contributed by atoms with Gasteiger partial charge in [0.05, 0.1) is 6.04 Å². The molecule has 1 saturated heterocycles. The van der Waals surface area contributed by atoms with E-state index >= 15 is 0 Å². The number of benzene rings is 1. The molecule has 2 aromatic rings. The Morgan fingerprint density at radius 3 is 2.48 bits per heavy atom. The van der Waals surface area contributed by atoms with Gasteiger partial charge >= 0.3 is 0 Å². The van der Waals surface area contributed by atoms with Crippen molar-refractivity contribution in [2.45, 2.75) is 38.6 Å². The molecule has 1 aliphatic heterocycles. The lowest BCUT2D eigenvalue weighted by Gasteiger charge is -2.23. The molecular weight excluding hydrogens is 286 g/mol. The van der Waals surface area contributed by atoms with Gasteiger partial charge in [-0.3, -0.25) is 9.69 Å². The van der Waals surface area contributed by atoms with Crippen molar-refractivity contribution >= 4 is 11.7 Å². The predicted octanol–water partition coefficient (Wildman–Crippen LogP) is 3.11. The fourth-order valence-corrected chi connectivity index (χ4v) is 3.02. The van der Waals surface area contributed by atoms with E-state index < -0.39 is 6.04 Å². The fraction of sp³-hybridized carbons (Fsp3) is 0.368. The van der Waals surface area contributed by atoms with Crippen molar-refractivity contribution in [1.82, 2.24) is 4.98 Å². The van der Waals surface area contributed by atoms with Gasteiger partial charge in [0.1, 0.15) is 5.82 Å². The Morgan fingerprint density at radius 1 is 1.17 bits per heavy atom. The summed E-state index contributed by atoms with van der Waals surface area (Å²) < 4.78 is 0. The molecule has 1 aromatic carbocycles. The zero-order chi connectivity index (χ0) is 16.6. The van der Waals surface area contributed by atoms with E-state index in [1.807, 2.05) is 24.4 Å². The summed E-state index contributed by atoms with van der Waals surface area (Å²) in [5.41, 5.74) is 9.37. The molecule has 1 aliphatic rings. The van der Waals surface area contributed by atoms with Crippen molar-refractivity contribution < 1.29 is 4.79 Å². The maximum atomic E-state index is 12.0. The van der Waals surface area contributed by atoms with Crippen molar-refractivity contribution in [1.29, 1.82) is 0 Å². The standard InChI is InChI=1S/C19H23N3O/c1-19(2,3)15-7-5-4-6-14(15)13-8-9-17(21-12-13)22-11-10-16(20)18(22)23/h4-9,12,16H,10-11,20H2,1-3H3/t16-/m0/s1. The highest BCUT2D eigenvalue weighted by Crippen LogP contribution is 2.33. The third-order valence-electron chi connectivity index (χ3n) is 4.32. The van der Waals surface area contributed by atoms with Crippen LogP contribution < -0.4 is 10.6 Å². The number of nitrogens with two attached hydrogens (primary N) is 1. The largest absolute Gasteiger partial charge is 0.320 e. The summed E-state index contributed by atoms with van der Waals surface area (Å²) in [6.07, 6.45) is 2.53. The minimum Gasteiger partial charge on any atom is -0.320 e. The monoisotopic (exact) mass is 309 g/mol. The lowest BCUT2D eigenvalue weighted by atomic mass is 9.82. The topological polar surface area (TPSA) is 59.2 Å². The van der Waals surface area contributed by atoms with Gasteiger partial charge in [-0.1, -0.05) is 45.0 Å². The predicted molar refractivity (Wildman–Crippen MR) is 93.3 cm³/mol. The lowest BCUT2D eigenvalue weighted by molar-refractivity contribution is -0.118. The molecule has 1 fully saturated rings. The summed E-state index contributed by atoms with van der Waals surface area (Å²) >= 11 is 0. The van der Waals surface area contributed by atoms with E-state index in [9.17, 15) is 4.79 Å². The summed E-state index contributed by atoms with van der Waals surface area (Å²) in [7, 11) is 0. The first-order chi connectivity index (χ1) is 10.9. The average molecular weight is 309 g/mol. The summed E-state index contributed by atoms with van der Waals surface area (Å²) in [4.78, 5) is 18.2. The van der Waals surface area contributed by atoms with Gasteiger partial charge in [0.2, 0.25) is 5.91 Å². The third-order valence-corrected chi connectivity index (χ3v) is 4.32. The minimum absolute atomic E-state index is 0.0414. The SMILES string of the molecule is CC(C)(C)c1ccccc1-c1ccc(N2CC[C@H](N)C2=O)nc1. The summed E-state index contributed by atoms with van der Waals surface area (Å²) in [6, 6.07) is 11.9. The number of aromatic nitrogens is 1. The van der Waals surface area contributed by atoms with Crippen molar-refractivity contribution in [3.05, 3.63) is 48.2 Å². The Morgan fingerprint density at radius 2 is 1.91 bits per heavy atom. The molecule has 3 rings (SSSR count). The van der Waals surface area contributed by atoms with Crippen LogP contribution in [0.2, 0.25) is 0 Å². The lowest BCUT2D eigenvalue weighted by Crippen LogP contribution is -2.34. The van der Waals surface area contributed by atoms with Gasteiger partial charge in [-0.2, -0.15) is 0 Å². The van der Waals surface area contributed by atoms with Crippen LogP contribution in [0.15, 0.2) is 42.6 Å². The van der Waals surface area contributed by atoms with Gasteiger partial charge < -0.3 is 5.73 Å². The molecule has 1 amide bonds. The molecule has 0 aliphatic carbocycles. The minimum atomic E-state index is -0.391. The zero-order valence-electron chi connectivity index (χ0n) is 13.9. The molecule has 120 valence electrons. The van der Waals surface area contributed by atoms with Gasteiger partial charge in [-0.25, -0.2) is 4.98 Å². The number of anilines is 1. The molecule has 1 atom stereocenters. The van der Waals surface area contributed by atoms with E-state index in [4.69, 9.17) is 5.73 Å². The Bertz CT molecular complexity index is 716. The second kappa shape index (κ2) is 5.78. The maximum absolute atomic E-state index is 12.0. The van der Waals surface area contributed by atoms with Crippen LogP contribution in [0, 0.1) is 0 Å². The molecule has 4 nitrogen and oxygen atoms in total. The first kappa shape index (κ1) is 15.7.